The van der Waals surface area contributed by atoms with Gasteiger partial charge < -0.3 is 4.43 Å². The molecule has 20 heavy (non-hydrogen) atoms. The molecule has 0 radical (unpaired) electrons. The van der Waals surface area contributed by atoms with Gasteiger partial charge in [0.05, 0.1) is 6.10 Å². The van der Waals surface area contributed by atoms with E-state index in [2.05, 4.69) is 70.3 Å². The van der Waals surface area contributed by atoms with Crippen LogP contribution in [0.3, 0.4) is 0 Å². The summed E-state index contributed by atoms with van der Waals surface area (Å²) in [5.74, 6) is 1.21. The average Bonchev–Trinajstić information content (AvgIpc) is 2.46. The minimum absolute atomic E-state index is 0.415. The second-order valence-electron chi connectivity index (χ2n) is 7.16. The van der Waals surface area contributed by atoms with Gasteiger partial charge in [0.1, 0.15) is 0 Å². The van der Waals surface area contributed by atoms with E-state index in [1.165, 1.54) is 12.0 Å². The van der Waals surface area contributed by atoms with Crippen LogP contribution in [-0.2, 0) is 4.43 Å². The van der Waals surface area contributed by atoms with E-state index in [9.17, 15) is 0 Å². The maximum absolute atomic E-state index is 6.54. The Hall–Kier alpha value is -0.863. The van der Waals surface area contributed by atoms with Crippen LogP contribution in [0, 0.1) is 11.8 Å². The fourth-order valence-electron chi connectivity index (χ4n) is 3.36. The third-order valence-electron chi connectivity index (χ3n) is 4.08. The fourth-order valence-corrected chi connectivity index (χ4v) is 6.03. The van der Waals surface area contributed by atoms with Crippen LogP contribution in [-0.4, -0.2) is 14.4 Å². The lowest BCUT2D eigenvalue weighted by Gasteiger charge is -2.31. The quantitative estimate of drug-likeness (QED) is 0.666. The third kappa shape index (κ3) is 4.06. The van der Waals surface area contributed by atoms with Gasteiger partial charge in [0.25, 0.3) is 0 Å². The van der Waals surface area contributed by atoms with Crippen LogP contribution in [0.25, 0.3) is 6.08 Å². The molecule has 1 aromatic rings. The number of benzene rings is 1. The zero-order valence-electron chi connectivity index (χ0n) is 13.5. The Bertz CT molecular complexity index is 462. The SMILES string of the molecule is CC(C)C1O[Si](C)(C)C/C(=C/c2ccccc2)CC1C. The van der Waals surface area contributed by atoms with Gasteiger partial charge in [-0.3, -0.25) is 0 Å². The summed E-state index contributed by atoms with van der Waals surface area (Å²) in [6.07, 6.45) is 3.98. The number of allylic oxidation sites excluding steroid dienone is 1. The Labute approximate surface area is 125 Å². The summed E-state index contributed by atoms with van der Waals surface area (Å²) >= 11 is 0. The van der Waals surface area contributed by atoms with Gasteiger partial charge in [0.15, 0.2) is 8.32 Å². The summed E-state index contributed by atoms with van der Waals surface area (Å²) in [5.41, 5.74) is 2.89. The van der Waals surface area contributed by atoms with E-state index in [1.807, 2.05) is 0 Å². The van der Waals surface area contributed by atoms with Crippen molar-refractivity contribution in [3.8, 4) is 0 Å². The molecule has 110 valence electrons. The normalized spacial score (nSPS) is 28.6. The van der Waals surface area contributed by atoms with E-state index in [1.54, 1.807) is 5.57 Å². The first-order valence-corrected chi connectivity index (χ1v) is 10.9. The molecular weight excluding hydrogens is 260 g/mol. The number of rotatable bonds is 2. The monoisotopic (exact) mass is 288 g/mol. The van der Waals surface area contributed by atoms with Gasteiger partial charge in [-0.1, -0.05) is 62.8 Å². The minimum Gasteiger partial charge on any atom is -0.414 e. The Kier molecular flexibility index (Phi) is 4.87. The molecule has 0 amide bonds. The first-order chi connectivity index (χ1) is 9.37. The standard InChI is InChI=1S/C18H28OSi/c1-14(2)18-15(3)11-17(13-20(4,5)19-18)12-16-9-7-6-8-10-16/h6-10,12,14-15,18H,11,13H2,1-5H3/b17-12+. The molecule has 1 aliphatic rings. The van der Waals surface area contributed by atoms with Crippen molar-refractivity contribution in [2.75, 3.05) is 0 Å². The third-order valence-corrected chi connectivity index (χ3v) is 6.30. The van der Waals surface area contributed by atoms with E-state index < -0.39 is 8.32 Å². The molecule has 1 nitrogen and oxygen atoms in total. The highest BCUT2D eigenvalue weighted by atomic mass is 28.4. The molecule has 1 aliphatic heterocycles. The second kappa shape index (κ2) is 6.27. The highest BCUT2D eigenvalue weighted by molar-refractivity contribution is 6.71. The van der Waals surface area contributed by atoms with Crippen molar-refractivity contribution in [3.63, 3.8) is 0 Å². The van der Waals surface area contributed by atoms with Crippen LogP contribution in [0.15, 0.2) is 35.9 Å². The summed E-state index contributed by atoms with van der Waals surface area (Å²) in [6.45, 7) is 11.6. The van der Waals surface area contributed by atoms with Gasteiger partial charge in [-0.2, -0.15) is 0 Å². The second-order valence-corrected chi connectivity index (χ2v) is 11.3. The summed E-state index contributed by atoms with van der Waals surface area (Å²) in [4.78, 5) is 0. The van der Waals surface area contributed by atoms with Crippen LogP contribution >= 0.6 is 0 Å². The van der Waals surface area contributed by atoms with Crippen molar-refractivity contribution in [3.05, 3.63) is 41.5 Å². The van der Waals surface area contributed by atoms with Gasteiger partial charge in [-0.25, -0.2) is 0 Å². The van der Waals surface area contributed by atoms with E-state index in [4.69, 9.17) is 4.43 Å². The van der Waals surface area contributed by atoms with E-state index in [0.717, 1.165) is 6.04 Å². The first-order valence-electron chi connectivity index (χ1n) is 7.80. The molecule has 0 aromatic heterocycles. The lowest BCUT2D eigenvalue weighted by Crippen LogP contribution is -2.38. The molecule has 1 saturated heterocycles. The molecule has 0 bridgehead atoms. The lowest BCUT2D eigenvalue weighted by atomic mass is 9.89. The predicted molar refractivity (Wildman–Crippen MR) is 90.2 cm³/mol. The molecule has 2 rings (SSSR count). The summed E-state index contributed by atoms with van der Waals surface area (Å²) in [6, 6.07) is 11.9. The van der Waals surface area contributed by atoms with Crippen molar-refractivity contribution in [2.24, 2.45) is 11.8 Å². The van der Waals surface area contributed by atoms with Gasteiger partial charge in [0.2, 0.25) is 0 Å². The highest BCUT2D eigenvalue weighted by Gasteiger charge is 2.36. The molecule has 2 atom stereocenters. The summed E-state index contributed by atoms with van der Waals surface area (Å²) in [5, 5.41) is 0. The summed E-state index contributed by atoms with van der Waals surface area (Å²) in [7, 11) is -1.59. The van der Waals surface area contributed by atoms with Crippen LogP contribution in [0.2, 0.25) is 19.1 Å². The van der Waals surface area contributed by atoms with Gasteiger partial charge >= 0.3 is 0 Å². The Morgan fingerprint density at radius 3 is 2.45 bits per heavy atom. The van der Waals surface area contributed by atoms with Crippen molar-refractivity contribution >= 4 is 14.4 Å². The maximum atomic E-state index is 6.54. The summed E-state index contributed by atoms with van der Waals surface area (Å²) < 4.78 is 6.54. The molecule has 0 aliphatic carbocycles. The van der Waals surface area contributed by atoms with Crippen molar-refractivity contribution in [2.45, 2.75) is 52.4 Å². The molecule has 1 heterocycles. The van der Waals surface area contributed by atoms with Crippen LogP contribution < -0.4 is 0 Å². The van der Waals surface area contributed by atoms with Gasteiger partial charge in [-0.15, -0.1) is 0 Å². The minimum atomic E-state index is -1.59. The maximum Gasteiger partial charge on any atom is 0.191 e. The smallest absolute Gasteiger partial charge is 0.191 e. The molecule has 0 saturated carbocycles. The van der Waals surface area contributed by atoms with E-state index >= 15 is 0 Å². The van der Waals surface area contributed by atoms with Gasteiger partial charge in [-0.05, 0) is 43.0 Å². The Balaban J connectivity index is 2.25. The molecule has 0 N–H and O–H groups in total. The zero-order chi connectivity index (χ0) is 14.8. The molecule has 2 heteroatoms. The molecule has 1 aromatic carbocycles. The zero-order valence-corrected chi connectivity index (χ0v) is 14.5. The Morgan fingerprint density at radius 1 is 1.20 bits per heavy atom. The molecule has 1 fully saturated rings. The van der Waals surface area contributed by atoms with E-state index in [-0.39, 0.29) is 0 Å². The lowest BCUT2D eigenvalue weighted by molar-refractivity contribution is 0.0949. The topological polar surface area (TPSA) is 9.23 Å². The van der Waals surface area contributed by atoms with Crippen LogP contribution in [0.4, 0.5) is 0 Å². The predicted octanol–water partition coefficient (Wildman–Crippen LogP) is 5.36. The van der Waals surface area contributed by atoms with Crippen molar-refractivity contribution < 1.29 is 4.43 Å². The van der Waals surface area contributed by atoms with Crippen molar-refractivity contribution in [1.29, 1.82) is 0 Å². The fraction of sp³-hybridized carbons (Fsp3) is 0.556. The number of hydrogen-bond acceptors (Lipinski definition) is 1. The largest absolute Gasteiger partial charge is 0.414 e. The highest BCUT2D eigenvalue weighted by Crippen LogP contribution is 2.36. The van der Waals surface area contributed by atoms with E-state index in [0.29, 0.717) is 17.9 Å². The average molecular weight is 289 g/mol. The molecular formula is C18H28OSi. The van der Waals surface area contributed by atoms with Crippen LogP contribution in [0.5, 0.6) is 0 Å². The molecule has 2 unspecified atom stereocenters. The van der Waals surface area contributed by atoms with Crippen molar-refractivity contribution in [1.82, 2.24) is 0 Å². The van der Waals surface area contributed by atoms with Crippen LogP contribution in [0.1, 0.15) is 32.8 Å². The number of hydrogen-bond donors (Lipinski definition) is 0. The Morgan fingerprint density at radius 2 is 1.85 bits per heavy atom. The van der Waals surface area contributed by atoms with Gasteiger partial charge in [0, 0.05) is 0 Å². The first kappa shape index (κ1) is 15.5. The molecule has 0 spiro atoms.